The van der Waals surface area contributed by atoms with E-state index in [1.54, 1.807) is 45.3 Å². The summed E-state index contributed by atoms with van der Waals surface area (Å²) < 4.78 is 22.3. The lowest BCUT2D eigenvalue weighted by molar-refractivity contribution is 0.101. The lowest BCUT2D eigenvalue weighted by atomic mass is 9.99. The Morgan fingerprint density at radius 1 is 1.06 bits per heavy atom. The van der Waals surface area contributed by atoms with Gasteiger partial charge in [-0.25, -0.2) is 4.39 Å². The SMILES string of the molecule is CC(=O)c1ccc(Oc2c(C)cc(F)cc2C)c(-c2cn(C)c(=O)c3sc(-c4nnc(C)[nH]4)cc23)c1. The smallest absolute Gasteiger partial charge is 0.268 e. The number of pyridine rings is 1. The number of Topliss-reactive ketones (excluding diaryl/α,β-unsaturated/α-hetero) is 1. The number of H-pyrrole nitrogens is 1. The van der Waals surface area contributed by atoms with Crippen molar-refractivity contribution in [3.8, 4) is 33.3 Å². The van der Waals surface area contributed by atoms with Crippen molar-refractivity contribution in [2.24, 2.45) is 7.05 Å². The lowest BCUT2D eigenvalue weighted by Crippen LogP contribution is -2.15. The molecule has 0 saturated heterocycles. The molecule has 0 aliphatic heterocycles. The fourth-order valence-corrected chi connectivity index (χ4v) is 5.33. The van der Waals surface area contributed by atoms with Crippen molar-refractivity contribution in [2.75, 3.05) is 0 Å². The molecular formula is C27H23FN4O3S. The predicted octanol–water partition coefficient (Wildman–Crippen LogP) is 6.11. The Kier molecular flexibility index (Phi) is 5.80. The van der Waals surface area contributed by atoms with Crippen molar-refractivity contribution in [1.29, 1.82) is 0 Å². The molecule has 0 spiro atoms. The number of aryl methyl sites for hydroxylation is 4. The maximum Gasteiger partial charge on any atom is 0.268 e. The van der Waals surface area contributed by atoms with Crippen molar-refractivity contribution < 1.29 is 13.9 Å². The van der Waals surface area contributed by atoms with Gasteiger partial charge in [0.2, 0.25) is 0 Å². The highest BCUT2D eigenvalue weighted by Crippen LogP contribution is 2.42. The van der Waals surface area contributed by atoms with Crippen molar-refractivity contribution in [1.82, 2.24) is 19.7 Å². The first kappa shape index (κ1) is 23.6. The molecule has 5 rings (SSSR count). The first-order valence-corrected chi connectivity index (χ1v) is 12.1. The number of ether oxygens (including phenoxy) is 1. The number of halogens is 1. The van der Waals surface area contributed by atoms with E-state index >= 15 is 0 Å². The minimum absolute atomic E-state index is 0.0962. The third-order valence-corrected chi connectivity index (χ3v) is 7.14. The molecule has 182 valence electrons. The molecule has 0 radical (unpaired) electrons. The topological polar surface area (TPSA) is 89.9 Å². The van der Waals surface area contributed by atoms with Crippen LogP contribution >= 0.6 is 11.3 Å². The minimum atomic E-state index is -0.335. The van der Waals surface area contributed by atoms with Gasteiger partial charge in [0.15, 0.2) is 11.6 Å². The number of fused-ring (bicyclic) bond motifs is 1. The summed E-state index contributed by atoms with van der Waals surface area (Å²) in [6.07, 6.45) is 1.74. The molecule has 7 nitrogen and oxygen atoms in total. The zero-order valence-corrected chi connectivity index (χ0v) is 21.2. The van der Waals surface area contributed by atoms with E-state index < -0.39 is 0 Å². The highest BCUT2D eigenvalue weighted by Gasteiger charge is 2.20. The summed E-state index contributed by atoms with van der Waals surface area (Å²) in [6.45, 7) is 6.87. The summed E-state index contributed by atoms with van der Waals surface area (Å²) in [7, 11) is 1.69. The number of carbonyl (C=O) groups is 1. The third kappa shape index (κ3) is 4.11. The Balaban J connectivity index is 1.76. The minimum Gasteiger partial charge on any atom is -0.456 e. The monoisotopic (exact) mass is 502 g/mol. The average molecular weight is 503 g/mol. The van der Waals surface area contributed by atoms with Gasteiger partial charge in [0, 0.05) is 35.3 Å². The summed E-state index contributed by atoms with van der Waals surface area (Å²) in [5.41, 5.74) is 3.03. The number of aromatic nitrogens is 4. The number of hydrogen-bond donors (Lipinski definition) is 1. The van der Waals surface area contributed by atoms with Crippen LogP contribution in [0.25, 0.3) is 31.9 Å². The van der Waals surface area contributed by atoms with Crippen LogP contribution in [0.4, 0.5) is 4.39 Å². The standard InChI is InChI=1S/C27H23FN4O3S/c1-13-8-18(28)9-14(2)24(13)35-22-7-6-17(15(3)33)10-19(22)21-12-32(5)27(34)25-20(21)11-23(36-25)26-29-16(4)30-31-26/h6-12H,1-5H3,(H,29,30,31). The van der Waals surface area contributed by atoms with Gasteiger partial charge in [-0.1, -0.05) is 0 Å². The predicted molar refractivity (Wildman–Crippen MR) is 139 cm³/mol. The molecule has 0 bridgehead atoms. The van der Waals surface area contributed by atoms with Crippen molar-refractivity contribution in [2.45, 2.75) is 27.7 Å². The van der Waals surface area contributed by atoms with Crippen LogP contribution in [-0.4, -0.2) is 25.5 Å². The van der Waals surface area contributed by atoms with Gasteiger partial charge in [-0.05, 0) is 75.2 Å². The van der Waals surface area contributed by atoms with E-state index in [9.17, 15) is 14.0 Å². The maximum atomic E-state index is 13.9. The van der Waals surface area contributed by atoms with E-state index in [-0.39, 0.29) is 17.2 Å². The number of thiophene rings is 1. The molecule has 3 aromatic heterocycles. The van der Waals surface area contributed by atoms with E-state index in [1.165, 1.54) is 35.0 Å². The van der Waals surface area contributed by atoms with Crippen LogP contribution in [-0.2, 0) is 7.05 Å². The van der Waals surface area contributed by atoms with Crippen LogP contribution in [0.1, 0.15) is 34.2 Å². The fourth-order valence-electron chi connectivity index (χ4n) is 4.24. The Morgan fingerprint density at radius 2 is 1.78 bits per heavy atom. The van der Waals surface area contributed by atoms with E-state index in [0.29, 0.717) is 55.5 Å². The van der Waals surface area contributed by atoms with Gasteiger partial charge in [-0.15, -0.1) is 21.5 Å². The molecule has 0 atom stereocenters. The molecule has 0 aliphatic rings. The van der Waals surface area contributed by atoms with Crippen molar-refractivity contribution in [3.63, 3.8) is 0 Å². The molecule has 5 aromatic rings. The first-order valence-electron chi connectivity index (χ1n) is 11.2. The summed E-state index contributed by atoms with van der Waals surface area (Å²) in [6, 6.07) is 9.93. The van der Waals surface area contributed by atoms with Gasteiger partial charge in [0.1, 0.15) is 27.8 Å². The number of aromatic amines is 1. The van der Waals surface area contributed by atoms with Crippen LogP contribution in [0.5, 0.6) is 11.5 Å². The lowest BCUT2D eigenvalue weighted by Gasteiger charge is -2.17. The molecule has 0 saturated carbocycles. The number of carbonyl (C=O) groups excluding carboxylic acids is 1. The highest BCUT2D eigenvalue weighted by atomic mass is 32.1. The van der Waals surface area contributed by atoms with Crippen LogP contribution < -0.4 is 10.3 Å². The zero-order valence-electron chi connectivity index (χ0n) is 20.4. The molecule has 0 aliphatic carbocycles. The van der Waals surface area contributed by atoms with E-state index in [0.717, 1.165) is 10.4 Å². The van der Waals surface area contributed by atoms with Crippen molar-refractivity contribution >= 4 is 27.2 Å². The molecule has 0 fully saturated rings. The van der Waals surface area contributed by atoms with E-state index in [4.69, 9.17) is 4.74 Å². The quantitative estimate of drug-likeness (QED) is 0.293. The fraction of sp³-hybridized carbons (Fsp3) is 0.185. The van der Waals surface area contributed by atoms with Gasteiger partial charge in [-0.2, -0.15) is 0 Å². The van der Waals surface area contributed by atoms with E-state index in [1.807, 2.05) is 13.0 Å². The first-order chi connectivity index (χ1) is 17.1. The van der Waals surface area contributed by atoms with Gasteiger partial charge in [-0.3, -0.25) is 9.59 Å². The Bertz CT molecular complexity index is 1710. The molecular weight excluding hydrogens is 479 g/mol. The van der Waals surface area contributed by atoms with Crippen LogP contribution in [0, 0.1) is 26.6 Å². The number of hydrogen-bond acceptors (Lipinski definition) is 6. The van der Waals surface area contributed by atoms with Gasteiger partial charge < -0.3 is 14.3 Å². The summed E-state index contributed by atoms with van der Waals surface area (Å²) in [5, 5.41) is 8.91. The number of ketones is 1. The van der Waals surface area contributed by atoms with Gasteiger partial charge in [0.25, 0.3) is 5.56 Å². The summed E-state index contributed by atoms with van der Waals surface area (Å²) in [4.78, 5) is 29.2. The number of rotatable bonds is 5. The van der Waals surface area contributed by atoms with E-state index in [2.05, 4.69) is 15.2 Å². The average Bonchev–Trinajstić information content (AvgIpc) is 3.45. The molecule has 2 aromatic carbocycles. The Morgan fingerprint density at radius 3 is 2.42 bits per heavy atom. The molecule has 36 heavy (non-hydrogen) atoms. The second-order valence-electron chi connectivity index (χ2n) is 8.81. The molecule has 9 heteroatoms. The van der Waals surface area contributed by atoms with Crippen LogP contribution in [0.2, 0.25) is 0 Å². The summed E-state index contributed by atoms with van der Waals surface area (Å²) in [5.74, 6) is 1.84. The zero-order chi connectivity index (χ0) is 25.7. The molecule has 0 amide bonds. The maximum absolute atomic E-state index is 13.9. The Hall–Kier alpha value is -4.11. The third-order valence-electron chi connectivity index (χ3n) is 6.01. The number of nitrogens with zero attached hydrogens (tertiary/aromatic N) is 3. The van der Waals surface area contributed by atoms with Gasteiger partial charge >= 0.3 is 0 Å². The van der Waals surface area contributed by atoms with Crippen molar-refractivity contribution in [3.05, 3.63) is 81.3 Å². The second kappa shape index (κ2) is 8.83. The molecule has 1 N–H and O–H groups in total. The van der Waals surface area contributed by atoms with Crippen LogP contribution in [0.15, 0.2) is 47.4 Å². The number of benzene rings is 2. The van der Waals surface area contributed by atoms with Crippen LogP contribution in [0.3, 0.4) is 0 Å². The molecule has 0 unspecified atom stereocenters. The number of nitrogens with one attached hydrogen (secondary N) is 1. The normalized spacial score (nSPS) is 11.3. The second-order valence-corrected chi connectivity index (χ2v) is 9.86. The van der Waals surface area contributed by atoms with Gasteiger partial charge in [0.05, 0.1) is 4.88 Å². The summed E-state index contributed by atoms with van der Waals surface area (Å²) >= 11 is 1.32. The Labute approximate surface area is 210 Å². The molecule has 3 heterocycles. The largest absolute Gasteiger partial charge is 0.456 e. The highest BCUT2D eigenvalue weighted by molar-refractivity contribution is 7.22.